The second-order valence-electron chi connectivity index (χ2n) is 4.05. The van der Waals surface area contributed by atoms with Crippen LogP contribution in [0.3, 0.4) is 0 Å². The van der Waals surface area contributed by atoms with Crippen LogP contribution < -0.4 is 25.8 Å². The SMILES string of the molecule is CNC(=O)NC(=O)C(C)Oc1cc(OC)ccc1C(N)=O. The van der Waals surface area contributed by atoms with E-state index in [0.29, 0.717) is 5.75 Å². The average molecular weight is 295 g/mol. The van der Waals surface area contributed by atoms with Gasteiger partial charge in [0.2, 0.25) is 0 Å². The number of nitrogens with one attached hydrogen (secondary N) is 2. The number of benzene rings is 1. The van der Waals surface area contributed by atoms with E-state index in [1.54, 1.807) is 6.07 Å². The minimum Gasteiger partial charge on any atom is -0.497 e. The molecule has 21 heavy (non-hydrogen) atoms. The lowest BCUT2D eigenvalue weighted by molar-refractivity contribution is -0.126. The topological polar surface area (TPSA) is 120 Å². The van der Waals surface area contributed by atoms with Gasteiger partial charge in [-0.25, -0.2) is 4.79 Å². The largest absolute Gasteiger partial charge is 0.497 e. The third kappa shape index (κ3) is 4.37. The fraction of sp³-hybridized carbons (Fsp3) is 0.308. The lowest BCUT2D eigenvalue weighted by Crippen LogP contribution is -2.44. The van der Waals surface area contributed by atoms with Gasteiger partial charge in [0.25, 0.3) is 11.8 Å². The summed E-state index contributed by atoms with van der Waals surface area (Å²) in [5.41, 5.74) is 5.34. The maximum atomic E-state index is 11.7. The van der Waals surface area contributed by atoms with E-state index < -0.39 is 23.9 Å². The summed E-state index contributed by atoms with van der Waals surface area (Å²) < 4.78 is 10.4. The maximum absolute atomic E-state index is 11.7. The van der Waals surface area contributed by atoms with Gasteiger partial charge in [-0.3, -0.25) is 14.9 Å². The molecule has 1 rings (SSSR count). The van der Waals surface area contributed by atoms with Gasteiger partial charge in [0, 0.05) is 13.1 Å². The van der Waals surface area contributed by atoms with Crippen molar-refractivity contribution in [1.29, 1.82) is 0 Å². The van der Waals surface area contributed by atoms with E-state index in [2.05, 4.69) is 10.6 Å². The van der Waals surface area contributed by atoms with Crippen LogP contribution in [0.15, 0.2) is 18.2 Å². The Labute approximate surface area is 121 Å². The smallest absolute Gasteiger partial charge is 0.321 e. The molecular weight excluding hydrogens is 278 g/mol. The van der Waals surface area contributed by atoms with Crippen LogP contribution in [0.25, 0.3) is 0 Å². The molecule has 0 spiro atoms. The Balaban J connectivity index is 2.92. The number of rotatable bonds is 5. The van der Waals surface area contributed by atoms with Gasteiger partial charge in [0.05, 0.1) is 12.7 Å². The zero-order valence-electron chi connectivity index (χ0n) is 11.9. The van der Waals surface area contributed by atoms with Gasteiger partial charge in [0.15, 0.2) is 6.10 Å². The molecule has 0 heterocycles. The van der Waals surface area contributed by atoms with E-state index >= 15 is 0 Å². The Morgan fingerprint density at radius 2 is 1.95 bits per heavy atom. The van der Waals surface area contributed by atoms with Crippen LogP contribution in [-0.4, -0.2) is 38.1 Å². The minimum atomic E-state index is -1.01. The molecule has 1 unspecified atom stereocenters. The first kappa shape index (κ1) is 16.3. The summed E-state index contributed by atoms with van der Waals surface area (Å²) in [6.45, 7) is 1.43. The Bertz CT molecular complexity index is 559. The highest BCUT2D eigenvalue weighted by Crippen LogP contribution is 2.25. The quantitative estimate of drug-likeness (QED) is 0.707. The van der Waals surface area contributed by atoms with Gasteiger partial charge < -0.3 is 20.5 Å². The lowest BCUT2D eigenvalue weighted by atomic mass is 10.2. The third-order valence-electron chi connectivity index (χ3n) is 2.59. The molecule has 0 aliphatic heterocycles. The highest BCUT2D eigenvalue weighted by Gasteiger charge is 2.20. The predicted octanol–water partition coefficient (Wildman–Crippen LogP) is 0.0170. The maximum Gasteiger partial charge on any atom is 0.321 e. The molecule has 1 aromatic rings. The van der Waals surface area contributed by atoms with E-state index in [9.17, 15) is 14.4 Å². The van der Waals surface area contributed by atoms with Gasteiger partial charge in [-0.05, 0) is 19.1 Å². The second kappa shape index (κ2) is 7.13. The summed E-state index contributed by atoms with van der Waals surface area (Å²) in [5.74, 6) is -0.825. The van der Waals surface area contributed by atoms with Gasteiger partial charge in [0.1, 0.15) is 11.5 Å². The zero-order chi connectivity index (χ0) is 16.0. The van der Waals surface area contributed by atoms with Crippen molar-refractivity contribution in [3.05, 3.63) is 23.8 Å². The predicted molar refractivity (Wildman–Crippen MR) is 74.2 cm³/mol. The van der Waals surface area contributed by atoms with Crippen LogP contribution >= 0.6 is 0 Å². The monoisotopic (exact) mass is 295 g/mol. The van der Waals surface area contributed by atoms with Crippen molar-refractivity contribution in [1.82, 2.24) is 10.6 Å². The number of carbonyl (C=O) groups excluding carboxylic acids is 3. The molecule has 8 heteroatoms. The van der Waals surface area contributed by atoms with Crippen molar-refractivity contribution in [2.75, 3.05) is 14.2 Å². The fourth-order valence-corrected chi connectivity index (χ4v) is 1.45. The first-order chi connectivity index (χ1) is 9.88. The van der Waals surface area contributed by atoms with Crippen LogP contribution in [0.5, 0.6) is 11.5 Å². The number of primary amides is 1. The van der Waals surface area contributed by atoms with Crippen molar-refractivity contribution < 1.29 is 23.9 Å². The number of amides is 4. The first-order valence-corrected chi connectivity index (χ1v) is 6.06. The number of carbonyl (C=O) groups is 3. The van der Waals surface area contributed by atoms with E-state index in [-0.39, 0.29) is 11.3 Å². The molecule has 4 amide bonds. The van der Waals surface area contributed by atoms with Crippen LogP contribution in [0.4, 0.5) is 4.79 Å². The van der Waals surface area contributed by atoms with Crippen LogP contribution in [0.1, 0.15) is 17.3 Å². The summed E-state index contributed by atoms with van der Waals surface area (Å²) in [4.78, 5) is 34.1. The van der Waals surface area contributed by atoms with Crippen LogP contribution in [0, 0.1) is 0 Å². The number of hydrogen-bond acceptors (Lipinski definition) is 5. The molecule has 114 valence electrons. The molecule has 0 fully saturated rings. The molecule has 1 atom stereocenters. The standard InChI is InChI=1S/C13H17N3O5/c1-7(12(18)16-13(19)15-2)21-10-6-8(20-3)4-5-9(10)11(14)17/h4-7H,1-3H3,(H2,14,17)(H2,15,16,18,19). The molecular formula is C13H17N3O5. The molecule has 0 bridgehead atoms. The summed E-state index contributed by atoms with van der Waals surface area (Å²) in [7, 11) is 2.83. The highest BCUT2D eigenvalue weighted by atomic mass is 16.5. The second-order valence-corrected chi connectivity index (χ2v) is 4.05. The molecule has 0 saturated heterocycles. The number of methoxy groups -OCH3 is 1. The highest BCUT2D eigenvalue weighted by molar-refractivity contribution is 5.97. The molecule has 0 radical (unpaired) electrons. The summed E-state index contributed by atoms with van der Waals surface area (Å²) >= 11 is 0. The van der Waals surface area contributed by atoms with Crippen LogP contribution in [0.2, 0.25) is 0 Å². The van der Waals surface area contributed by atoms with Crippen molar-refractivity contribution in [2.45, 2.75) is 13.0 Å². The van der Waals surface area contributed by atoms with Gasteiger partial charge in [-0.15, -0.1) is 0 Å². The number of nitrogens with two attached hydrogens (primary N) is 1. The van der Waals surface area contributed by atoms with E-state index in [1.165, 1.54) is 33.2 Å². The number of hydrogen-bond donors (Lipinski definition) is 3. The first-order valence-electron chi connectivity index (χ1n) is 6.06. The minimum absolute atomic E-state index is 0.0985. The van der Waals surface area contributed by atoms with Crippen molar-refractivity contribution in [3.8, 4) is 11.5 Å². The molecule has 8 nitrogen and oxygen atoms in total. The van der Waals surface area contributed by atoms with Gasteiger partial charge in [-0.2, -0.15) is 0 Å². The molecule has 0 aromatic heterocycles. The summed E-state index contributed by atoms with van der Waals surface area (Å²) in [6.07, 6.45) is -1.01. The van der Waals surface area contributed by atoms with Crippen molar-refractivity contribution in [2.24, 2.45) is 5.73 Å². The van der Waals surface area contributed by atoms with Crippen LogP contribution in [-0.2, 0) is 4.79 Å². The molecule has 1 aromatic carbocycles. The summed E-state index contributed by atoms with van der Waals surface area (Å²) in [6, 6.07) is 3.75. The Kier molecular flexibility index (Phi) is 5.53. The third-order valence-corrected chi connectivity index (χ3v) is 2.59. The molecule has 0 saturated carbocycles. The van der Waals surface area contributed by atoms with Gasteiger partial charge in [-0.1, -0.05) is 0 Å². The molecule has 0 aliphatic rings. The summed E-state index contributed by atoms with van der Waals surface area (Å²) in [5, 5.41) is 4.31. The zero-order valence-corrected chi connectivity index (χ0v) is 11.9. The van der Waals surface area contributed by atoms with Crippen molar-refractivity contribution >= 4 is 17.8 Å². The molecule has 4 N–H and O–H groups in total. The lowest BCUT2D eigenvalue weighted by Gasteiger charge is -2.16. The van der Waals surface area contributed by atoms with E-state index in [0.717, 1.165) is 0 Å². The Morgan fingerprint density at radius 1 is 1.29 bits per heavy atom. The van der Waals surface area contributed by atoms with Crippen molar-refractivity contribution in [3.63, 3.8) is 0 Å². The Morgan fingerprint density at radius 3 is 2.48 bits per heavy atom. The molecule has 0 aliphatic carbocycles. The van der Waals surface area contributed by atoms with E-state index in [1.807, 2.05) is 0 Å². The normalized spacial score (nSPS) is 11.2. The average Bonchev–Trinajstić information content (AvgIpc) is 2.46. The van der Waals surface area contributed by atoms with E-state index in [4.69, 9.17) is 15.2 Å². The fourth-order valence-electron chi connectivity index (χ4n) is 1.45. The Hall–Kier alpha value is -2.77. The van der Waals surface area contributed by atoms with Gasteiger partial charge >= 0.3 is 6.03 Å². The number of imide groups is 1. The number of ether oxygens (including phenoxy) is 2. The number of urea groups is 1.